The second-order valence-electron chi connectivity index (χ2n) is 6.57. The number of benzene rings is 3. The molecular formula is C19H14N6O6. The van der Waals surface area contributed by atoms with E-state index in [4.69, 9.17) is 0 Å². The summed E-state index contributed by atoms with van der Waals surface area (Å²) in [6.45, 7) is 1.82. The van der Waals surface area contributed by atoms with Gasteiger partial charge >= 0.3 is 16.9 Å². The number of anilines is 4. The van der Waals surface area contributed by atoms with Crippen molar-refractivity contribution in [2.75, 3.05) is 10.6 Å². The molecule has 3 aromatic carbocycles. The van der Waals surface area contributed by atoms with Crippen LogP contribution in [0.2, 0.25) is 0 Å². The summed E-state index contributed by atoms with van der Waals surface area (Å²) in [5.41, 5.74) is -1.40. The Balaban J connectivity index is 2.06. The molecule has 0 saturated carbocycles. The van der Waals surface area contributed by atoms with Gasteiger partial charge < -0.3 is 15.8 Å². The lowest BCUT2D eigenvalue weighted by molar-refractivity contribution is -0.782. The summed E-state index contributed by atoms with van der Waals surface area (Å²) >= 11 is 0. The zero-order valence-electron chi connectivity index (χ0n) is 15.9. The number of rotatable bonds is 6. The number of nitro groups is 2. The number of aromatic nitrogens is 2. The fourth-order valence-corrected chi connectivity index (χ4v) is 3.21. The Labute approximate surface area is 173 Å². The predicted molar refractivity (Wildman–Crippen MR) is 110 cm³/mol. The second kappa shape index (κ2) is 7.59. The number of nitro benzene ring substituents is 2. The standard InChI is InChI=1S/C19H14N6O6/c1-11-6-5-9-13(10-11)21-15-17(23(26)27)14(20-12-7-3-2-4-8-12)18(24(28)29)16-19(15)25(30)31-22-16/h2-10,20-21H,1H3. The fraction of sp³-hybridized carbons (Fsp3) is 0.0526. The van der Waals surface area contributed by atoms with Crippen molar-refractivity contribution in [2.45, 2.75) is 6.92 Å². The van der Waals surface area contributed by atoms with Crippen molar-refractivity contribution in [1.82, 2.24) is 5.16 Å². The maximum absolute atomic E-state index is 12.3. The van der Waals surface area contributed by atoms with Crippen LogP contribution in [0, 0.1) is 32.4 Å². The largest absolute Gasteiger partial charge is 0.359 e. The number of hydrogen-bond acceptors (Lipinski definition) is 9. The molecule has 1 heterocycles. The van der Waals surface area contributed by atoms with Crippen LogP contribution in [0.1, 0.15) is 5.56 Å². The van der Waals surface area contributed by atoms with Crippen LogP contribution in [-0.4, -0.2) is 15.0 Å². The van der Waals surface area contributed by atoms with Crippen LogP contribution in [0.4, 0.5) is 34.1 Å². The van der Waals surface area contributed by atoms with E-state index in [0.717, 1.165) is 5.56 Å². The van der Waals surface area contributed by atoms with E-state index in [1.807, 2.05) is 13.0 Å². The van der Waals surface area contributed by atoms with Gasteiger partial charge in [-0.3, -0.25) is 24.9 Å². The van der Waals surface area contributed by atoms with Gasteiger partial charge in [-0.25, -0.2) is 0 Å². The predicted octanol–water partition coefficient (Wildman–Crippen LogP) is 4.07. The highest BCUT2D eigenvalue weighted by Gasteiger charge is 2.41. The minimum atomic E-state index is -0.848. The minimum Gasteiger partial charge on any atom is -0.359 e. The maximum Gasteiger partial charge on any atom is 0.357 e. The zero-order valence-corrected chi connectivity index (χ0v) is 15.9. The van der Waals surface area contributed by atoms with E-state index in [1.165, 1.54) is 0 Å². The zero-order chi connectivity index (χ0) is 22.1. The van der Waals surface area contributed by atoms with Crippen molar-refractivity contribution >= 4 is 45.2 Å². The molecule has 12 nitrogen and oxygen atoms in total. The number of nitrogens with zero attached hydrogens (tertiary/aromatic N) is 4. The van der Waals surface area contributed by atoms with Crippen LogP contribution in [0.15, 0.2) is 59.2 Å². The summed E-state index contributed by atoms with van der Waals surface area (Å²) in [6.07, 6.45) is 0. The monoisotopic (exact) mass is 422 g/mol. The van der Waals surface area contributed by atoms with Crippen LogP contribution < -0.4 is 15.5 Å². The number of fused-ring (bicyclic) bond motifs is 1. The molecule has 0 spiro atoms. The minimum absolute atomic E-state index is 0.0975. The van der Waals surface area contributed by atoms with Gasteiger partial charge in [-0.2, -0.15) is 0 Å². The van der Waals surface area contributed by atoms with Gasteiger partial charge in [0.2, 0.25) is 5.69 Å². The molecule has 0 fully saturated rings. The van der Waals surface area contributed by atoms with Gasteiger partial charge in [0.25, 0.3) is 5.52 Å². The molecule has 12 heteroatoms. The number of aryl methyl sites for hydroxylation is 1. The van der Waals surface area contributed by atoms with E-state index in [2.05, 4.69) is 20.4 Å². The summed E-state index contributed by atoms with van der Waals surface area (Å²) in [4.78, 5) is 22.2. The lowest BCUT2D eigenvalue weighted by Gasteiger charge is -2.12. The highest BCUT2D eigenvalue weighted by atomic mass is 16.8. The smallest absolute Gasteiger partial charge is 0.357 e. The molecular weight excluding hydrogens is 408 g/mol. The third-order valence-corrected chi connectivity index (χ3v) is 4.48. The van der Waals surface area contributed by atoms with E-state index >= 15 is 0 Å². The molecule has 4 aromatic rings. The summed E-state index contributed by atoms with van der Waals surface area (Å²) in [5, 5.41) is 45.2. The quantitative estimate of drug-likeness (QED) is 0.265. The third-order valence-electron chi connectivity index (χ3n) is 4.48. The lowest BCUT2D eigenvalue weighted by Crippen LogP contribution is -2.24. The molecule has 156 valence electrons. The van der Waals surface area contributed by atoms with Crippen LogP contribution in [0.3, 0.4) is 0 Å². The maximum atomic E-state index is 12.3. The van der Waals surface area contributed by atoms with E-state index in [9.17, 15) is 25.4 Å². The van der Waals surface area contributed by atoms with E-state index in [1.54, 1.807) is 48.5 Å². The Bertz CT molecular complexity index is 1320. The van der Waals surface area contributed by atoms with Crippen molar-refractivity contribution < 1.29 is 19.4 Å². The highest BCUT2D eigenvalue weighted by Crippen LogP contribution is 2.47. The molecule has 0 atom stereocenters. The van der Waals surface area contributed by atoms with E-state index in [0.29, 0.717) is 11.4 Å². The molecule has 0 aliphatic heterocycles. The number of nitrogens with one attached hydrogen (secondary N) is 2. The van der Waals surface area contributed by atoms with Gasteiger partial charge in [0.05, 0.1) is 15.0 Å². The van der Waals surface area contributed by atoms with Crippen LogP contribution in [-0.2, 0) is 0 Å². The summed E-state index contributed by atoms with van der Waals surface area (Å²) in [6, 6.07) is 15.1. The third kappa shape index (κ3) is 3.53. The molecule has 2 N–H and O–H groups in total. The van der Waals surface area contributed by atoms with Gasteiger partial charge in [-0.15, -0.1) is 0 Å². The lowest BCUT2D eigenvalue weighted by atomic mass is 10.1. The molecule has 1 aromatic heterocycles. The Kier molecular flexibility index (Phi) is 4.79. The number of para-hydroxylation sites is 1. The Morgan fingerprint density at radius 3 is 2.19 bits per heavy atom. The molecule has 0 aliphatic rings. The molecule has 0 unspecified atom stereocenters. The van der Waals surface area contributed by atoms with Crippen molar-refractivity contribution in [3.8, 4) is 0 Å². The first-order valence-corrected chi connectivity index (χ1v) is 8.90. The fourth-order valence-electron chi connectivity index (χ4n) is 3.21. The van der Waals surface area contributed by atoms with Crippen LogP contribution >= 0.6 is 0 Å². The van der Waals surface area contributed by atoms with Crippen LogP contribution in [0.25, 0.3) is 11.0 Å². The first kappa shape index (κ1) is 19.6. The van der Waals surface area contributed by atoms with Crippen molar-refractivity contribution in [3.63, 3.8) is 0 Å². The average Bonchev–Trinajstić information content (AvgIpc) is 3.09. The first-order chi connectivity index (χ1) is 14.9. The average molecular weight is 422 g/mol. The summed E-state index contributed by atoms with van der Waals surface area (Å²) in [5.74, 6) is 0. The van der Waals surface area contributed by atoms with Gasteiger partial charge in [-0.1, -0.05) is 30.3 Å². The van der Waals surface area contributed by atoms with Gasteiger partial charge in [-0.05, 0) is 41.7 Å². The van der Waals surface area contributed by atoms with Gasteiger partial charge in [0, 0.05) is 11.4 Å². The Hall–Kier alpha value is -4.74. The molecule has 0 bridgehead atoms. The molecule has 0 amide bonds. The van der Waals surface area contributed by atoms with Crippen LogP contribution in [0.5, 0.6) is 0 Å². The van der Waals surface area contributed by atoms with Crippen molar-refractivity contribution in [2.24, 2.45) is 0 Å². The first-order valence-electron chi connectivity index (χ1n) is 8.90. The van der Waals surface area contributed by atoms with E-state index in [-0.39, 0.29) is 10.6 Å². The highest BCUT2D eigenvalue weighted by molar-refractivity contribution is 6.07. The summed E-state index contributed by atoms with van der Waals surface area (Å²) < 4.78 is 4.56. The second-order valence-corrected chi connectivity index (χ2v) is 6.57. The van der Waals surface area contributed by atoms with Gasteiger partial charge in [0.15, 0.2) is 5.69 Å². The summed E-state index contributed by atoms with van der Waals surface area (Å²) in [7, 11) is 0. The Morgan fingerprint density at radius 2 is 1.55 bits per heavy atom. The Morgan fingerprint density at radius 1 is 0.903 bits per heavy atom. The SMILES string of the molecule is Cc1cccc(Nc2c([N+](=O)[O-])c(Nc3ccccc3)c([N+](=O)[O-])c3no[n+]([O-])c23)c1. The topological polar surface area (TPSA) is 163 Å². The molecule has 0 aliphatic carbocycles. The molecule has 0 saturated heterocycles. The number of hydrogen-bond donors (Lipinski definition) is 2. The molecule has 31 heavy (non-hydrogen) atoms. The normalized spacial score (nSPS) is 10.7. The van der Waals surface area contributed by atoms with Crippen molar-refractivity contribution in [1.29, 1.82) is 0 Å². The molecule has 0 radical (unpaired) electrons. The molecule has 4 rings (SSSR count). The van der Waals surface area contributed by atoms with E-state index < -0.39 is 37.9 Å². The van der Waals surface area contributed by atoms with Gasteiger partial charge in [0.1, 0.15) is 0 Å². The van der Waals surface area contributed by atoms with Crippen molar-refractivity contribution in [3.05, 3.63) is 85.6 Å².